The van der Waals surface area contributed by atoms with Crippen molar-refractivity contribution in [1.82, 2.24) is 0 Å². The molecule has 19 heavy (non-hydrogen) atoms. The molecule has 1 aromatic rings. The van der Waals surface area contributed by atoms with E-state index in [0.717, 1.165) is 6.07 Å². The molecular formula is C12H11F5O2. The minimum atomic E-state index is -4.50. The van der Waals surface area contributed by atoms with Crippen LogP contribution < -0.4 is 0 Å². The molecule has 0 saturated carbocycles. The van der Waals surface area contributed by atoms with Crippen molar-refractivity contribution in [3.63, 3.8) is 0 Å². The number of ether oxygens (including phenoxy) is 1. The predicted octanol–water partition coefficient (Wildman–Crippen LogP) is 3.42. The van der Waals surface area contributed by atoms with Crippen LogP contribution >= 0.6 is 0 Å². The third-order valence-electron chi connectivity index (χ3n) is 2.30. The van der Waals surface area contributed by atoms with Gasteiger partial charge in [0.1, 0.15) is 18.2 Å². The SMILES string of the molecule is Cc1ccc(F)c(C(=O)CCOCC(F)(F)F)c1F. The largest absolute Gasteiger partial charge is 0.411 e. The predicted molar refractivity (Wildman–Crippen MR) is 56.9 cm³/mol. The molecule has 0 spiro atoms. The van der Waals surface area contributed by atoms with Gasteiger partial charge in [-0.05, 0) is 18.6 Å². The summed E-state index contributed by atoms with van der Waals surface area (Å²) in [4.78, 5) is 11.5. The Morgan fingerprint density at radius 1 is 1.26 bits per heavy atom. The van der Waals surface area contributed by atoms with Crippen LogP contribution in [0.3, 0.4) is 0 Å². The maximum Gasteiger partial charge on any atom is 0.411 e. The molecule has 0 amide bonds. The highest BCUT2D eigenvalue weighted by atomic mass is 19.4. The lowest BCUT2D eigenvalue weighted by molar-refractivity contribution is -0.173. The van der Waals surface area contributed by atoms with Gasteiger partial charge in [0, 0.05) is 6.42 Å². The second-order valence-electron chi connectivity index (χ2n) is 3.89. The number of Topliss-reactive ketones (excluding diaryl/α,β-unsaturated/α-hetero) is 1. The zero-order chi connectivity index (χ0) is 14.6. The number of hydrogen-bond acceptors (Lipinski definition) is 2. The second kappa shape index (κ2) is 6.10. The summed E-state index contributed by atoms with van der Waals surface area (Å²) < 4.78 is 66.3. The Bertz CT molecular complexity index is 468. The molecule has 0 aliphatic rings. The highest BCUT2D eigenvalue weighted by Gasteiger charge is 2.27. The molecule has 0 N–H and O–H groups in total. The third kappa shape index (κ3) is 4.59. The third-order valence-corrected chi connectivity index (χ3v) is 2.30. The molecule has 0 saturated heterocycles. The first kappa shape index (κ1) is 15.6. The van der Waals surface area contributed by atoms with E-state index in [0.29, 0.717) is 0 Å². The average molecular weight is 282 g/mol. The van der Waals surface area contributed by atoms with Crippen LogP contribution in [0.15, 0.2) is 12.1 Å². The average Bonchev–Trinajstić information content (AvgIpc) is 2.29. The fraction of sp³-hybridized carbons (Fsp3) is 0.417. The first-order valence-corrected chi connectivity index (χ1v) is 5.34. The summed E-state index contributed by atoms with van der Waals surface area (Å²) in [6, 6.07) is 2.10. The van der Waals surface area contributed by atoms with Crippen molar-refractivity contribution in [3.05, 3.63) is 34.9 Å². The van der Waals surface area contributed by atoms with Gasteiger partial charge in [-0.1, -0.05) is 6.07 Å². The molecular weight excluding hydrogens is 271 g/mol. The number of aryl methyl sites for hydroxylation is 1. The number of hydrogen-bond donors (Lipinski definition) is 0. The second-order valence-corrected chi connectivity index (χ2v) is 3.89. The molecule has 0 atom stereocenters. The van der Waals surface area contributed by atoms with E-state index in [-0.39, 0.29) is 5.56 Å². The van der Waals surface area contributed by atoms with Crippen molar-refractivity contribution < 1.29 is 31.5 Å². The summed E-state index contributed by atoms with van der Waals surface area (Å²) in [6.07, 6.45) is -5.02. The summed E-state index contributed by atoms with van der Waals surface area (Å²) in [5.41, 5.74) is -0.656. The zero-order valence-electron chi connectivity index (χ0n) is 9.98. The Kier molecular flexibility index (Phi) is 4.99. The van der Waals surface area contributed by atoms with Gasteiger partial charge in [-0.25, -0.2) is 8.78 Å². The van der Waals surface area contributed by atoms with Crippen molar-refractivity contribution in [2.75, 3.05) is 13.2 Å². The summed E-state index contributed by atoms with van der Waals surface area (Å²) in [7, 11) is 0. The molecule has 0 unspecified atom stereocenters. The van der Waals surface area contributed by atoms with Crippen LogP contribution in [-0.4, -0.2) is 25.2 Å². The van der Waals surface area contributed by atoms with Gasteiger partial charge < -0.3 is 4.74 Å². The van der Waals surface area contributed by atoms with E-state index in [9.17, 15) is 26.7 Å². The molecule has 0 radical (unpaired) electrons. The number of carbonyl (C=O) groups is 1. The van der Waals surface area contributed by atoms with E-state index < -0.39 is 48.8 Å². The van der Waals surface area contributed by atoms with Gasteiger partial charge in [-0.2, -0.15) is 13.2 Å². The minimum absolute atomic E-state index is 0.0842. The molecule has 7 heteroatoms. The molecule has 1 aromatic carbocycles. The lowest BCUT2D eigenvalue weighted by Crippen LogP contribution is -2.19. The van der Waals surface area contributed by atoms with E-state index in [1.54, 1.807) is 0 Å². The molecule has 0 aliphatic carbocycles. The van der Waals surface area contributed by atoms with E-state index >= 15 is 0 Å². The van der Waals surface area contributed by atoms with Crippen LogP contribution in [0, 0.1) is 18.6 Å². The van der Waals surface area contributed by atoms with Crippen LogP contribution in [-0.2, 0) is 4.74 Å². The normalized spacial score (nSPS) is 11.7. The van der Waals surface area contributed by atoms with Gasteiger partial charge in [0.05, 0.1) is 12.2 Å². The van der Waals surface area contributed by atoms with E-state index in [2.05, 4.69) is 4.74 Å². The molecule has 2 nitrogen and oxygen atoms in total. The quantitative estimate of drug-likeness (QED) is 0.470. The Labute approximate surface area is 106 Å². The summed E-state index contributed by atoms with van der Waals surface area (Å²) in [5.74, 6) is -2.97. The number of rotatable bonds is 5. The molecule has 0 aromatic heterocycles. The highest BCUT2D eigenvalue weighted by Crippen LogP contribution is 2.18. The fourth-order valence-electron chi connectivity index (χ4n) is 1.39. The van der Waals surface area contributed by atoms with Crippen LogP contribution in [0.2, 0.25) is 0 Å². The molecule has 1 rings (SSSR count). The Morgan fingerprint density at radius 3 is 2.47 bits per heavy atom. The van der Waals surface area contributed by atoms with Gasteiger partial charge in [0.2, 0.25) is 0 Å². The Hall–Kier alpha value is -1.50. The molecule has 0 bridgehead atoms. The van der Waals surface area contributed by atoms with E-state index in [1.165, 1.54) is 13.0 Å². The zero-order valence-corrected chi connectivity index (χ0v) is 9.98. The molecule has 106 valence electrons. The van der Waals surface area contributed by atoms with E-state index in [1.807, 2.05) is 0 Å². The fourth-order valence-corrected chi connectivity index (χ4v) is 1.39. The molecule has 0 aliphatic heterocycles. The van der Waals surface area contributed by atoms with Crippen molar-refractivity contribution in [1.29, 1.82) is 0 Å². The van der Waals surface area contributed by atoms with Crippen LogP contribution in [0.5, 0.6) is 0 Å². The molecule has 0 fully saturated rings. The maximum atomic E-state index is 13.5. The standard InChI is InChI=1S/C12H11F5O2/c1-7-2-3-8(13)10(11(7)14)9(18)4-5-19-6-12(15,16)17/h2-3H,4-6H2,1H3. The van der Waals surface area contributed by atoms with Crippen molar-refractivity contribution in [2.45, 2.75) is 19.5 Å². The number of ketones is 1. The van der Waals surface area contributed by atoms with Crippen LogP contribution in [0.4, 0.5) is 22.0 Å². The maximum absolute atomic E-state index is 13.5. The van der Waals surface area contributed by atoms with Crippen molar-refractivity contribution in [2.24, 2.45) is 0 Å². The number of carbonyl (C=O) groups excluding carboxylic acids is 1. The van der Waals surface area contributed by atoms with E-state index in [4.69, 9.17) is 0 Å². The summed E-state index contributed by atoms with van der Waals surface area (Å²) in [5, 5.41) is 0. The monoisotopic (exact) mass is 282 g/mol. The van der Waals surface area contributed by atoms with Gasteiger partial charge in [0.25, 0.3) is 0 Å². The minimum Gasteiger partial charge on any atom is -0.372 e. The number of alkyl halides is 3. The summed E-state index contributed by atoms with van der Waals surface area (Å²) in [6.45, 7) is -0.698. The Morgan fingerprint density at radius 2 is 1.89 bits per heavy atom. The number of halogens is 5. The van der Waals surface area contributed by atoms with Crippen molar-refractivity contribution in [3.8, 4) is 0 Å². The van der Waals surface area contributed by atoms with Gasteiger partial charge in [-0.15, -0.1) is 0 Å². The molecule has 0 heterocycles. The lowest BCUT2D eigenvalue weighted by Gasteiger charge is -2.08. The number of benzene rings is 1. The first-order chi connectivity index (χ1) is 8.72. The smallest absolute Gasteiger partial charge is 0.372 e. The lowest BCUT2D eigenvalue weighted by atomic mass is 10.0. The first-order valence-electron chi connectivity index (χ1n) is 5.34. The van der Waals surface area contributed by atoms with Crippen LogP contribution in [0.1, 0.15) is 22.3 Å². The van der Waals surface area contributed by atoms with Crippen molar-refractivity contribution >= 4 is 5.78 Å². The van der Waals surface area contributed by atoms with Crippen LogP contribution in [0.25, 0.3) is 0 Å². The Balaban J connectivity index is 2.62. The highest BCUT2D eigenvalue weighted by molar-refractivity contribution is 5.96. The summed E-state index contributed by atoms with van der Waals surface area (Å²) >= 11 is 0. The topological polar surface area (TPSA) is 26.3 Å². The van der Waals surface area contributed by atoms with Gasteiger partial charge in [0.15, 0.2) is 5.78 Å². The van der Waals surface area contributed by atoms with Gasteiger partial charge in [-0.3, -0.25) is 4.79 Å². The van der Waals surface area contributed by atoms with Gasteiger partial charge >= 0.3 is 6.18 Å².